The Morgan fingerprint density at radius 1 is 1.37 bits per heavy atom. The van der Waals surface area contributed by atoms with Crippen LogP contribution >= 0.6 is 11.3 Å². The summed E-state index contributed by atoms with van der Waals surface area (Å²) in [5.41, 5.74) is 6.59. The molecule has 1 heterocycles. The molecular formula is C16H26N2S. The minimum absolute atomic E-state index is 0.430. The molecule has 0 spiro atoms. The quantitative estimate of drug-likeness (QED) is 0.611. The topological polar surface area (TPSA) is 29.3 Å². The van der Waals surface area contributed by atoms with Crippen LogP contribution in [0.5, 0.6) is 0 Å². The van der Waals surface area contributed by atoms with Crippen molar-refractivity contribution in [3.8, 4) is 11.8 Å². The summed E-state index contributed by atoms with van der Waals surface area (Å²) >= 11 is 1.80. The Hall–Kier alpha value is -0.820. The fourth-order valence-corrected chi connectivity index (χ4v) is 2.84. The molecule has 0 radical (unpaired) electrons. The maximum atomic E-state index is 5.45. The lowest BCUT2D eigenvalue weighted by molar-refractivity contribution is 0.210. The van der Waals surface area contributed by atoms with Crippen molar-refractivity contribution in [2.24, 2.45) is 5.73 Å². The molecule has 0 unspecified atom stereocenters. The Morgan fingerprint density at radius 2 is 2.16 bits per heavy atom. The van der Waals surface area contributed by atoms with Crippen LogP contribution in [0, 0.1) is 11.8 Å². The van der Waals surface area contributed by atoms with Gasteiger partial charge in [0.05, 0.1) is 6.54 Å². The third kappa shape index (κ3) is 5.78. The second kappa shape index (κ2) is 9.14. The molecule has 0 atom stereocenters. The zero-order valence-corrected chi connectivity index (χ0v) is 13.2. The highest BCUT2D eigenvalue weighted by atomic mass is 32.1. The Balaban J connectivity index is 2.65. The van der Waals surface area contributed by atoms with Gasteiger partial charge >= 0.3 is 0 Å². The van der Waals surface area contributed by atoms with Crippen LogP contribution in [-0.2, 0) is 6.54 Å². The summed E-state index contributed by atoms with van der Waals surface area (Å²) in [7, 11) is 0. The normalized spacial score (nSPS) is 10.8. The van der Waals surface area contributed by atoms with E-state index >= 15 is 0 Å². The smallest absolute Gasteiger partial charge is 0.0555 e. The van der Waals surface area contributed by atoms with Gasteiger partial charge in [0.2, 0.25) is 0 Å². The number of nitrogens with zero attached hydrogens (tertiary/aromatic N) is 1. The number of thiophene rings is 1. The van der Waals surface area contributed by atoms with E-state index in [0.717, 1.165) is 12.1 Å². The molecule has 0 aromatic carbocycles. The summed E-state index contributed by atoms with van der Waals surface area (Å²) in [4.78, 5) is 3.90. The molecule has 1 rings (SSSR count). The summed E-state index contributed by atoms with van der Waals surface area (Å²) in [6.07, 6.45) is 3.87. The molecule has 0 saturated carbocycles. The monoisotopic (exact) mass is 278 g/mol. The lowest BCUT2D eigenvalue weighted by Crippen LogP contribution is -2.31. The van der Waals surface area contributed by atoms with E-state index in [1.54, 1.807) is 11.3 Å². The molecule has 0 saturated heterocycles. The zero-order chi connectivity index (χ0) is 14.1. The summed E-state index contributed by atoms with van der Waals surface area (Å²) in [5, 5.41) is 2.13. The van der Waals surface area contributed by atoms with Crippen LogP contribution in [0.4, 0.5) is 0 Å². The van der Waals surface area contributed by atoms with Gasteiger partial charge in [-0.25, -0.2) is 0 Å². The maximum absolute atomic E-state index is 5.45. The maximum Gasteiger partial charge on any atom is 0.0555 e. The average molecular weight is 278 g/mol. The fraction of sp³-hybridized carbons (Fsp3) is 0.625. The lowest BCUT2D eigenvalue weighted by Gasteiger charge is -2.26. The number of hydrogen-bond acceptors (Lipinski definition) is 3. The molecule has 3 heteroatoms. The van der Waals surface area contributed by atoms with Crippen molar-refractivity contribution >= 4 is 11.3 Å². The molecular weight excluding hydrogens is 252 g/mol. The van der Waals surface area contributed by atoms with Crippen LogP contribution in [0.2, 0.25) is 0 Å². The van der Waals surface area contributed by atoms with Gasteiger partial charge in [0.15, 0.2) is 0 Å². The van der Waals surface area contributed by atoms with Crippen molar-refractivity contribution in [1.82, 2.24) is 4.90 Å². The Bertz CT molecular complexity index is 412. The first-order chi connectivity index (χ1) is 9.19. The molecule has 2 N–H and O–H groups in total. The first-order valence-corrected chi connectivity index (χ1v) is 8.06. The van der Waals surface area contributed by atoms with Gasteiger partial charge in [-0.15, -0.1) is 11.3 Å². The zero-order valence-electron chi connectivity index (χ0n) is 12.4. The molecule has 0 bridgehead atoms. The molecule has 2 nitrogen and oxygen atoms in total. The molecule has 0 fully saturated rings. The van der Waals surface area contributed by atoms with Crippen LogP contribution in [0.15, 0.2) is 11.4 Å². The highest BCUT2D eigenvalue weighted by Crippen LogP contribution is 2.19. The van der Waals surface area contributed by atoms with Crippen molar-refractivity contribution in [2.75, 3.05) is 13.1 Å². The van der Waals surface area contributed by atoms with Crippen LogP contribution in [0.3, 0.4) is 0 Å². The molecule has 1 aromatic rings. The molecule has 106 valence electrons. The number of hydrogen-bond donors (Lipinski definition) is 1. The summed E-state index contributed by atoms with van der Waals surface area (Å²) < 4.78 is 0. The SMILES string of the molecule is CCCCCN(Cc1sccc1C#CCN)C(C)C. The van der Waals surface area contributed by atoms with E-state index in [-0.39, 0.29) is 0 Å². The van der Waals surface area contributed by atoms with Gasteiger partial charge in [0, 0.05) is 23.0 Å². The third-order valence-corrected chi connectivity index (χ3v) is 4.10. The van der Waals surface area contributed by atoms with Crippen molar-refractivity contribution in [3.05, 3.63) is 21.9 Å². The van der Waals surface area contributed by atoms with Crippen molar-refractivity contribution in [2.45, 2.75) is 52.6 Å². The largest absolute Gasteiger partial charge is 0.320 e. The van der Waals surface area contributed by atoms with Gasteiger partial charge in [-0.1, -0.05) is 31.6 Å². The first kappa shape index (κ1) is 16.2. The van der Waals surface area contributed by atoms with Crippen molar-refractivity contribution in [3.63, 3.8) is 0 Å². The predicted octanol–water partition coefficient (Wildman–Crippen LogP) is 3.46. The second-order valence-corrected chi connectivity index (χ2v) is 6.04. The summed E-state index contributed by atoms with van der Waals surface area (Å²) in [6, 6.07) is 2.68. The molecule has 0 aliphatic heterocycles. The molecule has 0 aliphatic carbocycles. The summed E-state index contributed by atoms with van der Waals surface area (Å²) in [6.45, 7) is 9.40. The standard InChI is InChI=1S/C16H26N2S/c1-4-5-6-11-18(14(2)3)13-16-15(8-7-10-17)9-12-19-16/h9,12,14H,4-6,10-11,13,17H2,1-3H3. The van der Waals surface area contributed by atoms with Crippen LogP contribution in [-0.4, -0.2) is 24.0 Å². The lowest BCUT2D eigenvalue weighted by atomic mass is 10.2. The van der Waals surface area contributed by atoms with Gasteiger partial charge in [0.1, 0.15) is 0 Å². The Labute approximate surface area is 122 Å². The Kier molecular flexibility index (Phi) is 7.81. The van der Waals surface area contributed by atoms with E-state index in [1.165, 1.54) is 30.7 Å². The summed E-state index contributed by atoms with van der Waals surface area (Å²) in [5.74, 6) is 6.12. The van der Waals surface area contributed by atoms with Gasteiger partial charge in [0.25, 0.3) is 0 Å². The van der Waals surface area contributed by atoms with Gasteiger partial charge in [-0.3, -0.25) is 4.90 Å². The molecule has 19 heavy (non-hydrogen) atoms. The number of nitrogens with two attached hydrogens (primary N) is 1. The first-order valence-electron chi connectivity index (χ1n) is 7.18. The van der Waals surface area contributed by atoms with E-state index in [0.29, 0.717) is 12.6 Å². The van der Waals surface area contributed by atoms with Gasteiger partial charge in [-0.05, 0) is 38.3 Å². The van der Waals surface area contributed by atoms with E-state index < -0.39 is 0 Å². The van der Waals surface area contributed by atoms with Crippen molar-refractivity contribution in [1.29, 1.82) is 0 Å². The predicted molar refractivity (Wildman–Crippen MR) is 85.3 cm³/mol. The fourth-order valence-electron chi connectivity index (χ4n) is 1.99. The minimum atomic E-state index is 0.430. The highest BCUT2D eigenvalue weighted by Gasteiger charge is 2.12. The van der Waals surface area contributed by atoms with E-state index in [2.05, 4.69) is 49.0 Å². The van der Waals surface area contributed by atoms with E-state index in [9.17, 15) is 0 Å². The molecule has 0 aliphatic rings. The minimum Gasteiger partial charge on any atom is -0.320 e. The Morgan fingerprint density at radius 3 is 2.79 bits per heavy atom. The van der Waals surface area contributed by atoms with E-state index in [4.69, 9.17) is 5.73 Å². The molecule has 0 amide bonds. The van der Waals surface area contributed by atoms with Crippen LogP contribution < -0.4 is 5.73 Å². The number of rotatable bonds is 7. The van der Waals surface area contributed by atoms with E-state index in [1.807, 2.05) is 0 Å². The average Bonchev–Trinajstić information content (AvgIpc) is 2.82. The van der Waals surface area contributed by atoms with Gasteiger partial charge < -0.3 is 5.73 Å². The second-order valence-electron chi connectivity index (χ2n) is 5.03. The third-order valence-electron chi connectivity index (χ3n) is 3.20. The number of unbranched alkanes of at least 4 members (excludes halogenated alkanes) is 2. The molecule has 1 aromatic heterocycles. The van der Waals surface area contributed by atoms with Crippen molar-refractivity contribution < 1.29 is 0 Å². The van der Waals surface area contributed by atoms with Crippen LogP contribution in [0.25, 0.3) is 0 Å². The highest BCUT2D eigenvalue weighted by molar-refractivity contribution is 7.10. The van der Waals surface area contributed by atoms with Crippen LogP contribution in [0.1, 0.15) is 50.5 Å². The van der Waals surface area contributed by atoms with Gasteiger partial charge in [-0.2, -0.15) is 0 Å².